The molecular formula is C32H44N2O6. The van der Waals surface area contributed by atoms with Crippen molar-refractivity contribution in [2.24, 2.45) is 5.92 Å². The van der Waals surface area contributed by atoms with Crippen molar-refractivity contribution < 1.29 is 24.3 Å². The molecule has 40 heavy (non-hydrogen) atoms. The quantitative estimate of drug-likeness (QED) is 0.0592. The van der Waals surface area contributed by atoms with Gasteiger partial charge >= 0.3 is 5.97 Å². The third kappa shape index (κ3) is 15.0. The number of amides is 1. The number of allylic oxidation sites excluding steroid dienone is 2. The normalized spacial score (nSPS) is 12.9. The van der Waals surface area contributed by atoms with Gasteiger partial charge in [0.25, 0.3) is 5.09 Å². The SMILES string of the molecule is C/C=C\CCCC(=O)NCC(=O)Oc1ccccc1CO[N+](=O)[O-].c1ccc(CCCCCC2CCCC2)cc1. The van der Waals surface area contributed by atoms with E-state index in [0.29, 0.717) is 18.4 Å². The monoisotopic (exact) mass is 552 g/mol. The highest BCUT2D eigenvalue weighted by Crippen LogP contribution is 2.29. The molecule has 0 saturated heterocycles. The summed E-state index contributed by atoms with van der Waals surface area (Å²) < 4.78 is 5.10. The van der Waals surface area contributed by atoms with Crippen molar-refractivity contribution in [3.8, 4) is 5.75 Å². The maximum atomic E-state index is 11.8. The zero-order valence-electron chi connectivity index (χ0n) is 23.7. The average Bonchev–Trinajstić information content (AvgIpc) is 3.48. The molecule has 0 aromatic heterocycles. The minimum Gasteiger partial charge on any atom is -0.425 e. The van der Waals surface area contributed by atoms with Crippen molar-refractivity contribution in [2.45, 2.75) is 90.6 Å². The molecule has 0 spiro atoms. The van der Waals surface area contributed by atoms with E-state index in [-0.39, 0.29) is 24.8 Å². The van der Waals surface area contributed by atoms with Crippen LogP contribution >= 0.6 is 0 Å². The highest BCUT2D eigenvalue weighted by Gasteiger charge is 2.14. The molecule has 0 radical (unpaired) electrons. The van der Waals surface area contributed by atoms with E-state index in [1.54, 1.807) is 18.2 Å². The Morgan fingerprint density at radius 3 is 2.45 bits per heavy atom. The Kier molecular flexibility index (Phi) is 16.5. The first-order valence-corrected chi connectivity index (χ1v) is 14.5. The topological polar surface area (TPSA) is 108 Å². The fourth-order valence-electron chi connectivity index (χ4n) is 4.69. The number of unbranched alkanes of at least 4 members (excludes halogenated alkanes) is 3. The van der Waals surface area contributed by atoms with E-state index >= 15 is 0 Å². The van der Waals surface area contributed by atoms with E-state index in [4.69, 9.17) is 4.74 Å². The number of aryl methyl sites for hydroxylation is 1. The largest absolute Gasteiger partial charge is 0.425 e. The van der Waals surface area contributed by atoms with Gasteiger partial charge in [-0.2, -0.15) is 0 Å². The summed E-state index contributed by atoms with van der Waals surface area (Å²) in [5, 5.41) is 11.8. The van der Waals surface area contributed by atoms with Crippen molar-refractivity contribution in [3.05, 3.63) is 88.0 Å². The molecule has 0 bridgehead atoms. The molecule has 2 aromatic rings. The molecule has 2 aromatic carbocycles. The predicted octanol–water partition coefficient (Wildman–Crippen LogP) is 7.14. The Bertz CT molecular complexity index is 1030. The number of carbonyl (C=O) groups excluding carboxylic acids is 2. The van der Waals surface area contributed by atoms with E-state index in [1.165, 1.54) is 69.4 Å². The fraction of sp³-hybridized carbons (Fsp3) is 0.500. The van der Waals surface area contributed by atoms with Crippen LogP contribution in [0.5, 0.6) is 5.75 Å². The molecular weight excluding hydrogens is 508 g/mol. The zero-order chi connectivity index (χ0) is 28.8. The van der Waals surface area contributed by atoms with Gasteiger partial charge in [-0.25, -0.2) is 4.79 Å². The van der Waals surface area contributed by atoms with Gasteiger partial charge in [-0.1, -0.05) is 106 Å². The molecule has 0 atom stereocenters. The number of esters is 1. The molecule has 8 heteroatoms. The van der Waals surface area contributed by atoms with Crippen molar-refractivity contribution in [1.29, 1.82) is 0 Å². The molecule has 1 N–H and O–H groups in total. The minimum absolute atomic E-state index is 0.159. The maximum Gasteiger partial charge on any atom is 0.330 e. The zero-order valence-corrected chi connectivity index (χ0v) is 23.7. The molecule has 0 heterocycles. The smallest absolute Gasteiger partial charge is 0.330 e. The van der Waals surface area contributed by atoms with Gasteiger partial charge in [-0.05, 0) is 50.2 Å². The summed E-state index contributed by atoms with van der Waals surface area (Å²) in [7, 11) is 0. The lowest BCUT2D eigenvalue weighted by atomic mass is 9.98. The molecule has 1 saturated carbocycles. The minimum atomic E-state index is -0.924. The van der Waals surface area contributed by atoms with Gasteiger partial charge in [0.15, 0.2) is 0 Å². The summed E-state index contributed by atoms with van der Waals surface area (Å²) in [4.78, 5) is 37.8. The second-order valence-electron chi connectivity index (χ2n) is 10.1. The van der Waals surface area contributed by atoms with Crippen LogP contribution in [0.15, 0.2) is 66.7 Å². The lowest BCUT2D eigenvalue weighted by molar-refractivity contribution is -0.763. The third-order valence-corrected chi connectivity index (χ3v) is 6.86. The van der Waals surface area contributed by atoms with Gasteiger partial charge in [0, 0.05) is 12.0 Å². The van der Waals surface area contributed by atoms with Gasteiger partial charge in [0.2, 0.25) is 5.91 Å². The number of nitrogens with one attached hydrogen (secondary N) is 1. The van der Waals surface area contributed by atoms with Gasteiger partial charge in [-0.15, -0.1) is 10.1 Å². The molecule has 218 valence electrons. The maximum absolute atomic E-state index is 11.8. The summed E-state index contributed by atoms with van der Waals surface area (Å²) in [6.07, 6.45) is 18.7. The van der Waals surface area contributed by atoms with Gasteiger partial charge in [0.1, 0.15) is 18.9 Å². The van der Waals surface area contributed by atoms with E-state index in [1.807, 2.05) is 19.1 Å². The molecule has 0 aliphatic heterocycles. The third-order valence-electron chi connectivity index (χ3n) is 6.86. The summed E-state index contributed by atoms with van der Waals surface area (Å²) in [5.74, 6) is 0.343. The Balaban J connectivity index is 0.000000302. The number of hydrogen-bond acceptors (Lipinski definition) is 6. The van der Waals surface area contributed by atoms with Gasteiger partial charge in [0.05, 0.1) is 0 Å². The Labute approximate surface area is 238 Å². The van der Waals surface area contributed by atoms with Crippen molar-refractivity contribution in [1.82, 2.24) is 5.32 Å². The average molecular weight is 553 g/mol. The number of benzene rings is 2. The van der Waals surface area contributed by atoms with E-state index < -0.39 is 11.1 Å². The Morgan fingerprint density at radius 2 is 1.73 bits per heavy atom. The van der Waals surface area contributed by atoms with Crippen LogP contribution in [0.2, 0.25) is 0 Å². The molecule has 1 aliphatic rings. The van der Waals surface area contributed by atoms with E-state index in [9.17, 15) is 19.7 Å². The molecule has 0 unspecified atom stereocenters. The summed E-state index contributed by atoms with van der Waals surface area (Å²) in [6, 6.07) is 17.2. The summed E-state index contributed by atoms with van der Waals surface area (Å²) in [5.41, 5.74) is 1.86. The Morgan fingerprint density at radius 1 is 1.00 bits per heavy atom. The predicted molar refractivity (Wildman–Crippen MR) is 156 cm³/mol. The second kappa shape index (κ2) is 20.3. The van der Waals surface area contributed by atoms with Crippen LogP contribution in [-0.2, 0) is 27.5 Å². The van der Waals surface area contributed by atoms with Crippen LogP contribution in [0.4, 0.5) is 0 Å². The summed E-state index contributed by atoms with van der Waals surface area (Å²) in [6.45, 7) is 1.31. The van der Waals surface area contributed by atoms with Crippen LogP contribution in [0, 0.1) is 16.0 Å². The molecule has 1 aliphatic carbocycles. The number of hydrogen-bond donors (Lipinski definition) is 1. The van der Waals surface area contributed by atoms with Crippen molar-refractivity contribution >= 4 is 11.9 Å². The first kappa shape index (κ1) is 32.5. The molecule has 1 fully saturated rings. The Hall–Kier alpha value is -3.68. The van der Waals surface area contributed by atoms with Crippen LogP contribution in [-0.4, -0.2) is 23.5 Å². The number of rotatable bonds is 16. The van der Waals surface area contributed by atoms with E-state index in [2.05, 4.69) is 40.5 Å². The first-order valence-electron chi connectivity index (χ1n) is 14.5. The first-order chi connectivity index (χ1) is 19.5. The number of carbonyl (C=O) groups is 2. The second-order valence-corrected chi connectivity index (χ2v) is 10.1. The molecule has 8 nitrogen and oxygen atoms in total. The van der Waals surface area contributed by atoms with E-state index in [0.717, 1.165) is 12.3 Å². The summed E-state index contributed by atoms with van der Waals surface area (Å²) >= 11 is 0. The van der Waals surface area contributed by atoms with Gasteiger partial charge < -0.3 is 14.9 Å². The van der Waals surface area contributed by atoms with Crippen LogP contribution in [0.1, 0.15) is 88.7 Å². The van der Waals surface area contributed by atoms with Crippen LogP contribution < -0.4 is 10.1 Å². The fourth-order valence-corrected chi connectivity index (χ4v) is 4.69. The molecule has 3 rings (SSSR count). The highest BCUT2D eigenvalue weighted by molar-refractivity contribution is 5.82. The standard InChI is InChI=1S/C16H20N2O6.C16H24/c1-2-3-4-5-10-15(19)17-11-16(20)24-14-9-7-6-8-13(14)12-23-18(21)22;1-3-9-15(10-4-1)11-5-2-6-12-16-13-7-8-14-16/h2-3,6-9H,4-5,10-12H2,1H3,(H,17,19);1,3-4,9-10,16H,2,5-8,11-14H2/b3-2-;. The van der Waals surface area contributed by atoms with Crippen molar-refractivity contribution in [2.75, 3.05) is 6.54 Å². The number of ether oxygens (including phenoxy) is 1. The lowest BCUT2D eigenvalue weighted by Gasteiger charge is -2.09. The highest BCUT2D eigenvalue weighted by atomic mass is 16.9. The number of nitrogens with zero attached hydrogens (tertiary/aromatic N) is 1. The lowest BCUT2D eigenvalue weighted by Crippen LogP contribution is -2.31. The van der Waals surface area contributed by atoms with Crippen LogP contribution in [0.3, 0.4) is 0 Å². The number of para-hydroxylation sites is 1. The van der Waals surface area contributed by atoms with Gasteiger partial charge in [-0.3, -0.25) is 4.79 Å². The van der Waals surface area contributed by atoms with Crippen molar-refractivity contribution in [3.63, 3.8) is 0 Å². The molecule has 1 amide bonds. The van der Waals surface area contributed by atoms with Crippen LogP contribution in [0.25, 0.3) is 0 Å².